The standard InChI is InChI=1S/C24H27NO5/c1-15-6-4-8-19-16(2)23(30-22(15)19)24(26)25-13-17-9-10-20(21(12-17)27-3)29-14-18-7-5-11-28-18/h4,6,8-10,12,18H,5,7,11,13-14H2,1-3H3,(H,25,26). The van der Waals surface area contributed by atoms with Crippen molar-refractivity contribution >= 4 is 16.9 Å². The van der Waals surface area contributed by atoms with Crippen LogP contribution in [0.1, 0.15) is 40.1 Å². The van der Waals surface area contributed by atoms with Gasteiger partial charge in [0.1, 0.15) is 12.2 Å². The molecule has 6 heteroatoms. The van der Waals surface area contributed by atoms with Crippen molar-refractivity contribution in [3.05, 3.63) is 58.8 Å². The van der Waals surface area contributed by atoms with Crippen LogP contribution < -0.4 is 14.8 Å². The molecule has 1 aliphatic heterocycles. The zero-order valence-corrected chi connectivity index (χ0v) is 17.6. The highest BCUT2D eigenvalue weighted by molar-refractivity contribution is 5.99. The lowest BCUT2D eigenvalue weighted by Gasteiger charge is -2.15. The highest BCUT2D eigenvalue weighted by Crippen LogP contribution is 2.30. The van der Waals surface area contributed by atoms with E-state index in [0.717, 1.165) is 47.1 Å². The Balaban J connectivity index is 1.42. The molecule has 1 unspecified atom stereocenters. The Hall–Kier alpha value is -2.99. The second-order valence-corrected chi connectivity index (χ2v) is 7.62. The number of furan rings is 1. The van der Waals surface area contributed by atoms with Gasteiger partial charge in [-0.15, -0.1) is 0 Å². The highest BCUT2D eigenvalue weighted by Gasteiger charge is 2.19. The summed E-state index contributed by atoms with van der Waals surface area (Å²) < 4.78 is 22.8. The SMILES string of the molecule is COc1cc(CNC(=O)c2oc3c(C)cccc3c2C)ccc1OCC1CCCO1. The van der Waals surface area contributed by atoms with Crippen molar-refractivity contribution < 1.29 is 23.4 Å². The minimum Gasteiger partial charge on any atom is -0.493 e. The number of benzene rings is 2. The van der Waals surface area contributed by atoms with Gasteiger partial charge in [0.2, 0.25) is 0 Å². The Morgan fingerprint density at radius 3 is 2.80 bits per heavy atom. The summed E-state index contributed by atoms with van der Waals surface area (Å²) >= 11 is 0. The Bertz CT molecular complexity index is 1050. The summed E-state index contributed by atoms with van der Waals surface area (Å²) in [7, 11) is 1.61. The normalized spacial score (nSPS) is 16.0. The first-order valence-electron chi connectivity index (χ1n) is 10.2. The van der Waals surface area contributed by atoms with E-state index < -0.39 is 0 Å². The molecule has 1 N–H and O–H groups in total. The third-order valence-corrected chi connectivity index (χ3v) is 5.50. The number of rotatable bonds is 7. The van der Waals surface area contributed by atoms with Crippen LogP contribution in [0.4, 0.5) is 0 Å². The Morgan fingerprint density at radius 1 is 1.20 bits per heavy atom. The zero-order chi connectivity index (χ0) is 21.1. The van der Waals surface area contributed by atoms with Crippen molar-refractivity contribution in [1.29, 1.82) is 0 Å². The number of para-hydroxylation sites is 1. The predicted octanol–water partition coefficient (Wildman–Crippen LogP) is 4.55. The van der Waals surface area contributed by atoms with Crippen molar-refractivity contribution in [2.75, 3.05) is 20.3 Å². The van der Waals surface area contributed by atoms with Gasteiger partial charge in [0, 0.05) is 24.1 Å². The van der Waals surface area contributed by atoms with Gasteiger partial charge in [-0.05, 0) is 49.9 Å². The Morgan fingerprint density at radius 2 is 2.07 bits per heavy atom. The van der Waals surface area contributed by atoms with E-state index >= 15 is 0 Å². The number of nitrogens with one attached hydrogen (secondary N) is 1. The molecule has 1 fully saturated rings. The number of fused-ring (bicyclic) bond motifs is 1. The molecule has 2 heterocycles. The number of methoxy groups -OCH3 is 1. The minimum atomic E-state index is -0.235. The molecule has 158 valence electrons. The molecule has 3 aromatic rings. The van der Waals surface area contributed by atoms with Crippen molar-refractivity contribution in [2.45, 2.75) is 39.3 Å². The third kappa shape index (κ3) is 4.14. The molecular formula is C24H27NO5. The monoisotopic (exact) mass is 409 g/mol. The van der Waals surface area contributed by atoms with Crippen LogP contribution >= 0.6 is 0 Å². The molecule has 1 aliphatic rings. The van der Waals surface area contributed by atoms with E-state index in [1.807, 2.05) is 50.2 Å². The lowest BCUT2D eigenvalue weighted by molar-refractivity contribution is 0.0669. The van der Waals surface area contributed by atoms with Gasteiger partial charge in [0.15, 0.2) is 17.3 Å². The third-order valence-electron chi connectivity index (χ3n) is 5.50. The molecule has 4 rings (SSSR count). The average molecular weight is 409 g/mol. The van der Waals surface area contributed by atoms with Gasteiger partial charge in [0.25, 0.3) is 5.91 Å². The molecule has 1 amide bonds. The Labute approximate surface area is 176 Å². The van der Waals surface area contributed by atoms with Crippen LogP contribution in [0.15, 0.2) is 40.8 Å². The van der Waals surface area contributed by atoms with E-state index in [4.69, 9.17) is 18.6 Å². The molecular weight excluding hydrogens is 382 g/mol. The molecule has 2 aromatic carbocycles. The van der Waals surface area contributed by atoms with Gasteiger partial charge in [0.05, 0.1) is 13.2 Å². The molecule has 0 saturated carbocycles. The molecule has 0 aliphatic carbocycles. The first-order valence-corrected chi connectivity index (χ1v) is 10.2. The van der Waals surface area contributed by atoms with Gasteiger partial charge in [-0.25, -0.2) is 0 Å². The summed E-state index contributed by atoms with van der Waals surface area (Å²) in [6.45, 7) is 5.55. The topological polar surface area (TPSA) is 69.9 Å². The second kappa shape index (κ2) is 8.79. The number of amides is 1. The lowest BCUT2D eigenvalue weighted by atomic mass is 10.1. The molecule has 0 radical (unpaired) electrons. The van der Waals surface area contributed by atoms with E-state index in [-0.39, 0.29) is 12.0 Å². The fourth-order valence-corrected chi connectivity index (χ4v) is 3.76. The van der Waals surface area contributed by atoms with E-state index in [2.05, 4.69) is 5.32 Å². The van der Waals surface area contributed by atoms with Crippen LogP contribution in [-0.4, -0.2) is 32.3 Å². The second-order valence-electron chi connectivity index (χ2n) is 7.62. The largest absolute Gasteiger partial charge is 0.493 e. The summed E-state index contributed by atoms with van der Waals surface area (Å²) in [5, 5.41) is 3.90. The van der Waals surface area contributed by atoms with Crippen molar-refractivity contribution in [3.63, 3.8) is 0 Å². The molecule has 0 spiro atoms. The number of carbonyl (C=O) groups is 1. The minimum absolute atomic E-state index is 0.143. The fraction of sp³-hybridized carbons (Fsp3) is 0.375. The predicted molar refractivity (Wildman–Crippen MR) is 114 cm³/mol. The summed E-state index contributed by atoms with van der Waals surface area (Å²) in [4.78, 5) is 12.7. The van der Waals surface area contributed by atoms with Crippen LogP contribution in [-0.2, 0) is 11.3 Å². The summed E-state index contributed by atoms with van der Waals surface area (Å²) in [6.07, 6.45) is 2.24. The molecule has 0 bridgehead atoms. The maximum atomic E-state index is 12.7. The Kier molecular flexibility index (Phi) is 5.95. The van der Waals surface area contributed by atoms with Gasteiger partial charge in [-0.1, -0.05) is 24.3 Å². The zero-order valence-electron chi connectivity index (χ0n) is 17.6. The molecule has 1 aromatic heterocycles. The van der Waals surface area contributed by atoms with Crippen molar-refractivity contribution in [1.82, 2.24) is 5.32 Å². The van der Waals surface area contributed by atoms with Gasteiger partial charge >= 0.3 is 0 Å². The number of carbonyl (C=O) groups excluding carboxylic acids is 1. The quantitative estimate of drug-likeness (QED) is 0.620. The van der Waals surface area contributed by atoms with E-state index in [1.165, 1.54) is 0 Å². The summed E-state index contributed by atoms with van der Waals surface area (Å²) in [6, 6.07) is 11.6. The molecule has 1 saturated heterocycles. The average Bonchev–Trinajstić information content (AvgIpc) is 3.40. The summed E-state index contributed by atoms with van der Waals surface area (Å²) in [5.74, 6) is 1.42. The first kappa shape index (κ1) is 20.3. The van der Waals surface area contributed by atoms with Gasteiger partial charge in [-0.3, -0.25) is 4.79 Å². The molecule has 6 nitrogen and oxygen atoms in total. The highest BCUT2D eigenvalue weighted by atomic mass is 16.5. The van der Waals surface area contributed by atoms with Crippen LogP contribution in [0.3, 0.4) is 0 Å². The number of hydrogen-bond acceptors (Lipinski definition) is 5. The van der Waals surface area contributed by atoms with E-state index in [1.54, 1.807) is 7.11 Å². The van der Waals surface area contributed by atoms with Crippen molar-refractivity contribution in [3.8, 4) is 11.5 Å². The van der Waals surface area contributed by atoms with Gasteiger partial charge in [-0.2, -0.15) is 0 Å². The molecule has 1 atom stereocenters. The maximum absolute atomic E-state index is 12.7. The maximum Gasteiger partial charge on any atom is 0.287 e. The number of ether oxygens (including phenoxy) is 3. The fourth-order valence-electron chi connectivity index (χ4n) is 3.76. The van der Waals surface area contributed by atoms with E-state index in [9.17, 15) is 4.79 Å². The first-order chi connectivity index (χ1) is 14.6. The van der Waals surface area contributed by atoms with Crippen LogP contribution in [0.5, 0.6) is 11.5 Å². The molecule has 30 heavy (non-hydrogen) atoms. The van der Waals surface area contributed by atoms with Crippen LogP contribution in [0.2, 0.25) is 0 Å². The summed E-state index contributed by atoms with van der Waals surface area (Å²) in [5.41, 5.74) is 3.53. The van der Waals surface area contributed by atoms with E-state index in [0.29, 0.717) is 30.4 Å². The number of aryl methyl sites for hydroxylation is 2. The lowest BCUT2D eigenvalue weighted by Crippen LogP contribution is -2.23. The number of hydrogen-bond donors (Lipinski definition) is 1. The smallest absolute Gasteiger partial charge is 0.287 e. The van der Waals surface area contributed by atoms with Crippen LogP contribution in [0.25, 0.3) is 11.0 Å². The van der Waals surface area contributed by atoms with Crippen molar-refractivity contribution in [2.24, 2.45) is 0 Å². The van der Waals surface area contributed by atoms with Gasteiger partial charge < -0.3 is 23.9 Å². The van der Waals surface area contributed by atoms with Crippen LogP contribution in [0, 0.1) is 13.8 Å².